The minimum atomic E-state index is -0.588. The van der Waals surface area contributed by atoms with Crippen molar-refractivity contribution in [2.45, 2.75) is 23.0 Å². The molecule has 0 fully saturated rings. The Morgan fingerprint density at radius 2 is 1.91 bits per heavy atom. The van der Waals surface area contributed by atoms with E-state index in [4.69, 9.17) is 14.2 Å². The van der Waals surface area contributed by atoms with Gasteiger partial charge >= 0.3 is 5.97 Å². The van der Waals surface area contributed by atoms with E-state index >= 15 is 0 Å². The molecule has 0 bridgehead atoms. The molecule has 0 atom stereocenters. The molecule has 0 unspecified atom stereocenters. The molecule has 0 aromatic heterocycles. The monoisotopic (exact) mass is 448 g/mol. The minimum Gasteiger partial charge on any atom is -0.467 e. The normalized spacial score (nSPS) is 12.2. The maximum atomic E-state index is 12.9. The number of nitriles is 1. The smallest absolute Gasteiger partial charge is 0.339 e. The fourth-order valence-electron chi connectivity index (χ4n) is 3.21. The molecule has 0 saturated carbocycles. The molecule has 32 heavy (non-hydrogen) atoms. The number of nitro groups is 1. The van der Waals surface area contributed by atoms with E-state index in [1.807, 2.05) is 6.07 Å². The molecule has 0 saturated heterocycles. The first-order valence-electron chi connectivity index (χ1n) is 9.50. The fourth-order valence-corrected chi connectivity index (χ4v) is 4.22. The number of hydrogen-bond donors (Lipinski definition) is 0. The van der Waals surface area contributed by atoms with Crippen molar-refractivity contribution in [2.75, 3.05) is 6.79 Å². The van der Waals surface area contributed by atoms with Crippen LogP contribution < -0.4 is 4.74 Å². The van der Waals surface area contributed by atoms with Crippen LogP contribution in [0.1, 0.15) is 27.0 Å². The number of non-ortho nitro benzene ring substituents is 1. The van der Waals surface area contributed by atoms with Gasteiger partial charge in [0, 0.05) is 33.1 Å². The zero-order chi connectivity index (χ0) is 22.5. The van der Waals surface area contributed by atoms with Crippen molar-refractivity contribution in [3.63, 3.8) is 0 Å². The number of nitro benzene ring substituents is 1. The van der Waals surface area contributed by atoms with Gasteiger partial charge in [0.25, 0.3) is 5.69 Å². The number of fused-ring (bicyclic) bond motifs is 1. The maximum absolute atomic E-state index is 12.9. The van der Waals surface area contributed by atoms with E-state index in [1.54, 1.807) is 42.5 Å². The van der Waals surface area contributed by atoms with Crippen LogP contribution in [0.4, 0.5) is 5.69 Å². The molecule has 0 N–H and O–H groups in total. The highest BCUT2D eigenvalue weighted by Gasteiger charge is 2.22. The van der Waals surface area contributed by atoms with Crippen molar-refractivity contribution in [1.82, 2.24) is 0 Å². The van der Waals surface area contributed by atoms with Crippen LogP contribution in [0.5, 0.6) is 5.75 Å². The number of esters is 1. The van der Waals surface area contributed by atoms with Gasteiger partial charge in [0.05, 0.1) is 22.7 Å². The van der Waals surface area contributed by atoms with Gasteiger partial charge in [0.1, 0.15) is 18.4 Å². The van der Waals surface area contributed by atoms with Gasteiger partial charge in [-0.25, -0.2) is 4.79 Å². The number of carbonyl (C=O) groups excluding carboxylic acids is 1. The topological polar surface area (TPSA) is 112 Å². The standard InChI is InChI=1S/C23H16N2O6S/c24-11-15-5-1-3-7-20(15)32-21-8-4-2-6-19(21)23(26)30-13-17-10-18(25(27)28)9-16-12-29-14-31-22(16)17/h1-10H,12-14H2. The highest BCUT2D eigenvalue weighted by atomic mass is 32.2. The van der Waals surface area contributed by atoms with E-state index in [2.05, 4.69) is 6.07 Å². The number of ether oxygens (including phenoxy) is 3. The third-order valence-corrected chi connectivity index (χ3v) is 5.83. The molecular formula is C23H16N2O6S. The molecule has 3 aromatic carbocycles. The second-order valence-electron chi connectivity index (χ2n) is 6.74. The first kappa shape index (κ1) is 21.4. The van der Waals surface area contributed by atoms with Crippen molar-refractivity contribution >= 4 is 23.4 Å². The van der Waals surface area contributed by atoms with Crippen LogP contribution in [-0.2, 0) is 22.7 Å². The van der Waals surface area contributed by atoms with Crippen molar-refractivity contribution in [3.8, 4) is 11.8 Å². The molecule has 0 radical (unpaired) electrons. The molecule has 0 spiro atoms. The highest BCUT2D eigenvalue weighted by molar-refractivity contribution is 7.99. The van der Waals surface area contributed by atoms with Gasteiger partial charge in [-0.2, -0.15) is 5.26 Å². The van der Waals surface area contributed by atoms with E-state index in [0.29, 0.717) is 32.9 Å². The summed E-state index contributed by atoms with van der Waals surface area (Å²) in [4.78, 5) is 25.0. The lowest BCUT2D eigenvalue weighted by Crippen LogP contribution is -2.15. The number of nitrogens with zero attached hydrogens (tertiary/aromatic N) is 2. The average molecular weight is 448 g/mol. The number of hydrogen-bond acceptors (Lipinski definition) is 8. The van der Waals surface area contributed by atoms with E-state index < -0.39 is 10.9 Å². The summed E-state index contributed by atoms with van der Waals surface area (Å²) in [5.74, 6) is -0.157. The lowest BCUT2D eigenvalue weighted by molar-refractivity contribution is -0.385. The second kappa shape index (κ2) is 9.51. The Morgan fingerprint density at radius 3 is 2.69 bits per heavy atom. The van der Waals surface area contributed by atoms with Gasteiger partial charge in [-0.3, -0.25) is 10.1 Å². The Balaban J connectivity index is 1.57. The maximum Gasteiger partial charge on any atom is 0.339 e. The largest absolute Gasteiger partial charge is 0.467 e. The van der Waals surface area contributed by atoms with Crippen molar-refractivity contribution < 1.29 is 23.9 Å². The SMILES string of the molecule is N#Cc1ccccc1Sc1ccccc1C(=O)OCc1cc([N+](=O)[O-])cc2c1OCOC2. The van der Waals surface area contributed by atoms with Crippen LogP contribution in [0.15, 0.2) is 70.5 Å². The predicted molar refractivity (Wildman–Crippen MR) is 114 cm³/mol. The number of benzene rings is 3. The molecule has 1 heterocycles. The molecule has 160 valence electrons. The predicted octanol–water partition coefficient (Wildman–Crippen LogP) is 4.84. The lowest BCUT2D eigenvalue weighted by atomic mass is 10.1. The van der Waals surface area contributed by atoms with Crippen LogP contribution in [-0.4, -0.2) is 17.7 Å². The van der Waals surface area contributed by atoms with Gasteiger partial charge in [-0.1, -0.05) is 36.0 Å². The first-order chi connectivity index (χ1) is 15.6. The molecule has 0 aliphatic carbocycles. The first-order valence-corrected chi connectivity index (χ1v) is 10.3. The Hall–Kier alpha value is -3.87. The van der Waals surface area contributed by atoms with Gasteiger partial charge < -0.3 is 14.2 Å². The second-order valence-corrected chi connectivity index (χ2v) is 7.83. The molecule has 1 aliphatic rings. The van der Waals surface area contributed by atoms with Crippen molar-refractivity contribution in [1.29, 1.82) is 5.26 Å². The summed E-state index contributed by atoms with van der Waals surface area (Å²) in [7, 11) is 0. The van der Waals surface area contributed by atoms with E-state index in [9.17, 15) is 20.2 Å². The third-order valence-electron chi connectivity index (χ3n) is 4.68. The average Bonchev–Trinajstić information content (AvgIpc) is 2.82. The summed E-state index contributed by atoms with van der Waals surface area (Å²) in [6.07, 6.45) is 0. The summed E-state index contributed by atoms with van der Waals surface area (Å²) in [6.45, 7) is -0.00407. The quantitative estimate of drug-likeness (QED) is 0.299. The molecule has 3 aromatic rings. The minimum absolute atomic E-state index is 0.0174. The molecule has 8 nitrogen and oxygen atoms in total. The molecule has 9 heteroatoms. The molecule has 4 rings (SSSR count). The Kier molecular flexibility index (Phi) is 6.35. The summed E-state index contributed by atoms with van der Waals surface area (Å²) < 4.78 is 16.2. The Morgan fingerprint density at radius 1 is 1.16 bits per heavy atom. The molecule has 0 amide bonds. The van der Waals surface area contributed by atoms with E-state index in [1.165, 1.54) is 23.9 Å². The number of rotatable bonds is 6. The summed E-state index contributed by atoms with van der Waals surface area (Å²) in [6, 6.07) is 18.9. The number of carbonyl (C=O) groups is 1. The molecular weight excluding hydrogens is 432 g/mol. The van der Waals surface area contributed by atoms with Gasteiger partial charge in [0.15, 0.2) is 6.79 Å². The highest BCUT2D eigenvalue weighted by Crippen LogP contribution is 2.35. The van der Waals surface area contributed by atoms with Crippen molar-refractivity contribution in [3.05, 3.63) is 93.0 Å². The summed E-state index contributed by atoms with van der Waals surface area (Å²) in [5.41, 5.74) is 1.62. The van der Waals surface area contributed by atoms with Crippen LogP contribution in [0, 0.1) is 21.4 Å². The zero-order valence-corrected chi connectivity index (χ0v) is 17.5. The lowest BCUT2D eigenvalue weighted by Gasteiger charge is -2.20. The van der Waals surface area contributed by atoms with Crippen molar-refractivity contribution in [2.24, 2.45) is 0 Å². The molecule has 1 aliphatic heterocycles. The van der Waals surface area contributed by atoms with Crippen LogP contribution in [0.25, 0.3) is 0 Å². The van der Waals surface area contributed by atoms with Crippen LogP contribution in [0.2, 0.25) is 0 Å². The Bertz CT molecular complexity index is 1240. The van der Waals surface area contributed by atoms with Gasteiger partial charge in [-0.05, 0) is 24.3 Å². The summed E-state index contributed by atoms with van der Waals surface area (Å²) in [5, 5.41) is 20.6. The van der Waals surface area contributed by atoms with E-state index in [0.717, 1.165) is 4.90 Å². The van der Waals surface area contributed by atoms with Crippen LogP contribution in [0.3, 0.4) is 0 Å². The van der Waals surface area contributed by atoms with Gasteiger partial charge in [-0.15, -0.1) is 0 Å². The Labute approximate surface area is 187 Å². The summed E-state index contributed by atoms with van der Waals surface area (Å²) >= 11 is 1.29. The van der Waals surface area contributed by atoms with Crippen LogP contribution >= 0.6 is 11.8 Å². The fraction of sp³-hybridized carbons (Fsp3) is 0.130. The van der Waals surface area contributed by atoms with Gasteiger partial charge in [0.2, 0.25) is 0 Å². The third kappa shape index (κ3) is 4.56. The van der Waals surface area contributed by atoms with E-state index in [-0.39, 0.29) is 25.7 Å². The zero-order valence-electron chi connectivity index (χ0n) is 16.6.